The van der Waals surface area contributed by atoms with Crippen LogP contribution in [0, 0.1) is 12.3 Å². The summed E-state index contributed by atoms with van der Waals surface area (Å²) in [5.74, 6) is 1.94. The molecule has 0 amide bonds. The Morgan fingerprint density at radius 3 is 2.47 bits per heavy atom. The van der Waals surface area contributed by atoms with Crippen molar-refractivity contribution in [1.82, 2.24) is 0 Å². The van der Waals surface area contributed by atoms with Crippen LogP contribution in [-0.2, 0) is 23.8 Å². The monoisotopic (exact) mass is 284 g/mol. The summed E-state index contributed by atoms with van der Waals surface area (Å²) < 4.78 is 37.2. The first kappa shape index (κ1) is 15.0. The fraction of sp³-hybridized carbons (Fsp3) is 0.250. The van der Waals surface area contributed by atoms with E-state index in [-0.39, 0.29) is 11.5 Å². The molecule has 102 valence electrons. The van der Waals surface area contributed by atoms with Crippen molar-refractivity contribution in [2.75, 3.05) is 20.3 Å². The van der Waals surface area contributed by atoms with Gasteiger partial charge in [-0.15, -0.1) is 6.42 Å². The van der Waals surface area contributed by atoms with Gasteiger partial charge in [0.1, 0.15) is 12.4 Å². The zero-order valence-electron chi connectivity index (χ0n) is 10.2. The van der Waals surface area contributed by atoms with E-state index in [1.165, 1.54) is 24.3 Å². The third kappa shape index (κ3) is 4.62. The third-order valence-corrected chi connectivity index (χ3v) is 3.27. The Kier molecular flexibility index (Phi) is 5.36. The predicted molar refractivity (Wildman–Crippen MR) is 65.9 cm³/mol. The quantitative estimate of drug-likeness (QED) is 0.432. The molecule has 1 aromatic carbocycles. The summed E-state index contributed by atoms with van der Waals surface area (Å²) in [7, 11) is -2.86. The number of methoxy groups -OCH3 is 1. The molecule has 0 saturated heterocycles. The molecule has 1 rings (SSSR count). The SMILES string of the molecule is C#CCOc1ccc(S(=O)(=O)OCC(=O)OC)cc1. The number of carbonyl (C=O) groups is 1. The molecule has 1 aromatic rings. The van der Waals surface area contributed by atoms with E-state index in [9.17, 15) is 13.2 Å². The average molecular weight is 284 g/mol. The topological polar surface area (TPSA) is 78.9 Å². The third-order valence-electron chi connectivity index (χ3n) is 1.99. The zero-order valence-corrected chi connectivity index (χ0v) is 11.0. The number of rotatable bonds is 6. The molecule has 0 aliphatic heterocycles. The fourth-order valence-corrected chi connectivity index (χ4v) is 1.94. The minimum absolute atomic E-state index is 0.0882. The molecule has 19 heavy (non-hydrogen) atoms. The largest absolute Gasteiger partial charge is 0.481 e. The van der Waals surface area contributed by atoms with Crippen LogP contribution in [0.3, 0.4) is 0 Å². The van der Waals surface area contributed by atoms with Gasteiger partial charge in [0.2, 0.25) is 0 Å². The molecule has 6 nitrogen and oxygen atoms in total. The summed E-state index contributed by atoms with van der Waals surface area (Å²) in [6.07, 6.45) is 5.02. The molecule has 0 aliphatic rings. The van der Waals surface area contributed by atoms with Gasteiger partial charge in [-0.05, 0) is 24.3 Å². The minimum atomic E-state index is -4.00. The number of hydrogen-bond acceptors (Lipinski definition) is 6. The van der Waals surface area contributed by atoms with Crippen molar-refractivity contribution in [3.63, 3.8) is 0 Å². The maximum Gasteiger partial charge on any atom is 0.333 e. The van der Waals surface area contributed by atoms with Crippen molar-refractivity contribution < 1.29 is 26.9 Å². The summed E-state index contributed by atoms with van der Waals surface area (Å²) in [6, 6.07) is 5.45. The first-order valence-corrected chi connectivity index (χ1v) is 6.53. The van der Waals surface area contributed by atoms with Gasteiger partial charge in [0, 0.05) is 0 Å². The Bertz CT molecular complexity index is 567. The standard InChI is InChI=1S/C12H12O6S/c1-3-8-17-10-4-6-11(7-5-10)19(14,15)18-9-12(13)16-2/h1,4-7H,8-9H2,2H3. The van der Waals surface area contributed by atoms with Crippen molar-refractivity contribution in [3.8, 4) is 18.1 Å². The molecule has 0 saturated carbocycles. The second-order valence-electron chi connectivity index (χ2n) is 3.26. The maximum absolute atomic E-state index is 11.7. The van der Waals surface area contributed by atoms with Crippen LogP contribution in [0.15, 0.2) is 29.2 Å². The highest BCUT2D eigenvalue weighted by molar-refractivity contribution is 7.86. The predicted octanol–water partition coefficient (Wildman–Crippen LogP) is 0.577. The van der Waals surface area contributed by atoms with Gasteiger partial charge < -0.3 is 9.47 Å². The summed E-state index contributed by atoms with van der Waals surface area (Å²) in [4.78, 5) is 10.7. The van der Waals surface area contributed by atoms with Crippen LogP contribution in [0.25, 0.3) is 0 Å². The highest BCUT2D eigenvalue weighted by Gasteiger charge is 2.17. The molecule has 0 aliphatic carbocycles. The van der Waals surface area contributed by atoms with E-state index in [1.54, 1.807) is 0 Å². The summed E-state index contributed by atoms with van der Waals surface area (Å²) in [5.41, 5.74) is 0. The Morgan fingerprint density at radius 1 is 1.32 bits per heavy atom. The molecule has 0 heterocycles. The van der Waals surface area contributed by atoms with E-state index < -0.39 is 22.7 Å². The van der Waals surface area contributed by atoms with E-state index in [2.05, 4.69) is 14.8 Å². The Morgan fingerprint density at radius 2 is 1.95 bits per heavy atom. The second kappa shape index (κ2) is 6.78. The number of esters is 1. The summed E-state index contributed by atoms with van der Waals surface area (Å²) >= 11 is 0. The van der Waals surface area contributed by atoms with Crippen molar-refractivity contribution in [2.45, 2.75) is 4.90 Å². The maximum atomic E-state index is 11.7. The average Bonchev–Trinajstić information content (AvgIpc) is 2.43. The van der Waals surface area contributed by atoms with Crippen LogP contribution in [-0.4, -0.2) is 34.7 Å². The van der Waals surface area contributed by atoms with Gasteiger partial charge in [0.25, 0.3) is 10.1 Å². The Hall–Kier alpha value is -2.04. The van der Waals surface area contributed by atoms with Gasteiger partial charge in [-0.3, -0.25) is 4.18 Å². The normalized spacial score (nSPS) is 10.5. The molecule has 0 fully saturated rings. The molecule has 7 heteroatoms. The smallest absolute Gasteiger partial charge is 0.333 e. The number of carbonyl (C=O) groups excluding carboxylic acids is 1. The molecule has 0 N–H and O–H groups in total. The molecule has 0 unspecified atom stereocenters. The molecule has 0 atom stereocenters. The van der Waals surface area contributed by atoms with Gasteiger partial charge in [-0.2, -0.15) is 8.42 Å². The van der Waals surface area contributed by atoms with Gasteiger partial charge >= 0.3 is 5.97 Å². The van der Waals surface area contributed by atoms with Crippen LogP contribution in [0.1, 0.15) is 0 Å². The molecule has 0 radical (unpaired) electrons. The molecule has 0 aromatic heterocycles. The molecular weight excluding hydrogens is 272 g/mol. The number of terminal acetylenes is 1. The van der Waals surface area contributed by atoms with Crippen LogP contribution in [0.5, 0.6) is 5.75 Å². The second-order valence-corrected chi connectivity index (χ2v) is 4.87. The van der Waals surface area contributed by atoms with E-state index in [4.69, 9.17) is 11.2 Å². The molecule has 0 bridgehead atoms. The lowest BCUT2D eigenvalue weighted by atomic mass is 10.3. The van der Waals surface area contributed by atoms with Crippen molar-refractivity contribution >= 4 is 16.1 Å². The lowest BCUT2D eigenvalue weighted by Gasteiger charge is -2.06. The van der Waals surface area contributed by atoms with Crippen LogP contribution in [0.2, 0.25) is 0 Å². The highest BCUT2D eigenvalue weighted by atomic mass is 32.2. The van der Waals surface area contributed by atoms with E-state index in [1.807, 2.05) is 0 Å². The fourth-order valence-electron chi connectivity index (χ4n) is 1.08. The molecule has 0 spiro atoms. The van der Waals surface area contributed by atoms with Crippen LogP contribution < -0.4 is 4.74 Å². The first-order chi connectivity index (χ1) is 8.99. The minimum Gasteiger partial charge on any atom is -0.481 e. The van der Waals surface area contributed by atoms with Crippen molar-refractivity contribution in [2.24, 2.45) is 0 Å². The van der Waals surface area contributed by atoms with E-state index in [0.717, 1.165) is 7.11 Å². The van der Waals surface area contributed by atoms with E-state index >= 15 is 0 Å². The van der Waals surface area contributed by atoms with Gasteiger partial charge in [-0.25, -0.2) is 4.79 Å². The lowest BCUT2D eigenvalue weighted by Crippen LogP contribution is -2.15. The molecular formula is C12H12O6S. The van der Waals surface area contributed by atoms with Gasteiger partial charge in [0.05, 0.1) is 12.0 Å². The zero-order chi connectivity index (χ0) is 14.3. The van der Waals surface area contributed by atoms with Crippen molar-refractivity contribution in [3.05, 3.63) is 24.3 Å². The summed E-state index contributed by atoms with van der Waals surface area (Å²) in [6.45, 7) is -0.584. The number of benzene rings is 1. The first-order valence-electron chi connectivity index (χ1n) is 5.12. The summed E-state index contributed by atoms with van der Waals surface area (Å²) in [5, 5.41) is 0. The number of ether oxygens (including phenoxy) is 2. The Labute approximate surface area is 111 Å². The van der Waals surface area contributed by atoms with Crippen LogP contribution in [0.4, 0.5) is 0 Å². The van der Waals surface area contributed by atoms with Gasteiger partial charge in [-0.1, -0.05) is 5.92 Å². The van der Waals surface area contributed by atoms with Crippen molar-refractivity contribution in [1.29, 1.82) is 0 Å². The lowest BCUT2D eigenvalue weighted by molar-refractivity contribution is -0.142. The Balaban J connectivity index is 2.74. The highest BCUT2D eigenvalue weighted by Crippen LogP contribution is 2.17. The number of hydrogen-bond donors (Lipinski definition) is 0. The van der Waals surface area contributed by atoms with Crippen LogP contribution >= 0.6 is 0 Å². The van der Waals surface area contributed by atoms with Gasteiger partial charge in [0.15, 0.2) is 6.61 Å². The van der Waals surface area contributed by atoms with E-state index in [0.29, 0.717) is 5.75 Å².